The van der Waals surface area contributed by atoms with Crippen LogP contribution < -0.4 is 5.73 Å². The summed E-state index contributed by atoms with van der Waals surface area (Å²) in [7, 11) is 0. The topological polar surface area (TPSA) is 26.0 Å². The number of halogens is 2. The monoisotopic (exact) mass is 249 g/mol. The highest BCUT2D eigenvalue weighted by molar-refractivity contribution is 6.33. The second-order valence-electron chi connectivity index (χ2n) is 3.99. The minimum Gasteiger partial charge on any atom is -0.326 e. The fourth-order valence-electron chi connectivity index (χ4n) is 1.74. The van der Waals surface area contributed by atoms with Gasteiger partial charge in [-0.1, -0.05) is 29.8 Å². The van der Waals surface area contributed by atoms with E-state index in [0.717, 1.165) is 16.7 Å². The van der Waals surface area contributed by atoms with Crippen LogP contribution in [-0.4, -0.2) is 0 Å². The maximum Gasteiger partial charge on any atom is 0.127 e. The number of rotatable bonds is 2. The lowest BCUT2D eigenvalue weighted by molar-refractivity contribution is 0.619. The molecule has 0 spiro atoms. The summed E-state index contributed by atoms with van der Waals surface area (Å²) in [6.45, 7) is 2.20. The Bertz CT molecular complexity index is 552. The zero-order chi connectivity index (χ0) is 12.4. The quantitative estimate of drug-likeness (QED) is 0.858. The Kier molecular flexibility index (Phi) is 3.46. The van der Waals surface area contributed by atoms with E-state index in [4.69, 9.17) is 17.3 Å². The molecule has 0 unspecified atom stereocenters. The molecule has 0 bridgehead atoms. The van der Waals surface area contributed by atoms with Gasteiger partial charge in [0.15, 0.2) is 0 Å². The minimum absolute atomic E-state index is 0.284. The molecule has 0 saturated carbocycles. The SMILES string of the molecule is Cc1cc(-c2cccc(CN)c2)c(Cl)cc1F. The zero-order valence-electron chi connectivity index (χ0n) is 9.50. The van der Waals surface area contributed by atoms with E-state index in [1.54, 1.807) is 13.0 Å². The van der Waals surface area contributed by atoms with Gasteiger partial charge in [0.25, 0.3) is 0 Å². The van der Waals surface area contributed by atoms with Crippen LogP contribution in [-0.2, 0) is 6.54 Å². The van der Waals surface area contributed by atoms with Crippen molar-refractivity contribution >= 4 is 11.6 Å². The second kappa shape index (κ2) is 4.86. The van der Waals surface area contributed by atoms with Crippen molar-refractivity contribution in [1.82, 2.24) is 0 Å². The Hall–Kier alpha value is -1.38. The van der Waals surface area contributed by atoms with Crippen LogP contribution in [0.15, 0.2) is 36.4 Å². The lowest BCUT2D eigenvalue weighted by Crippen LogP contribution is -1.96. The van der Waals surface area contributed by atoms with Crippen LogP contribution in [0.1, 0.15) is 11.1 Å². The Morgan fingerprint density at radius 1 is 1.24 bits per heavy atom. The van der Waals surface area contributed by atoms with Crippen molar-refractivity contribution in [2.45, 2.75) is 13.5 Å². The molecule has 0 amide bonds. The van der Waals surface area contributed by atoms with Crippen molar-refractivity contribution < 1.29 is 4.39 Å². The number of hydrogen-bond donors (Lipinski definition) is 1. The first kappa shape index (κ1) is 12.1. The molecule has 2 N–H and O–H groups in total. The molecule has 0 aromatic heterocycles. The van der Waals surface area contributed by atoms with Crippen LogP contribution in [0, 0.1) is 12.7 Å². The highest BCUT2D eigenvalue weighted by Crippen LogP contribution is 2.30. The van der Waals surface area contributed by atoms with Gasteiger partial charge in [-0.05, 0) is 41.8 Å². The van der Waals surface area contributed by atoms with E-state index in [9.17, 15) is 4.39 Å². The van der Waals surface area contributed by atoms with E-state index in [1.165, 1.54) is 6.07 Å². The first-order valence-corrected chi connectivity index (χ1v) is 5.74. The fourth-order valence-corrected chi connectivity index (χ4v) is 2.00. The molecule has 2 rings (SSSR count). The third-order valence-electron chi connectivity index (χ3n) is 2.72. The van der Waals surface area contributed by atoms with Crippen LogP contribution in [0.3, 0.4) is 0 Å². The van der Waals surface area contributed by atoms with Crippen LogP contribution in [0.4, 0.5) is 4.39 Å². The van der Waals surface area contributed by atoms with Gasteiger partial charge in [-0.2, -0.15) is 0 Å². The van der Waals surface area contributed by atoms with Gasteiger partial charge in [0.2, 0.25) is 0 Å². The van der Waals surface area contributed by atoms with Crippen molar-refractivity contribution in [3.63, 3.8) is 0 Å². The van der Waals surface area contributed by atoms with Crippen LogP contribution >= 0.6 is 11.6 Å². The molecular formula is C14H13ClFN. The third-order valence-corrected chi connectivity index (χ3v) is 3.03. The third kappa shape index (κ3) is 2.48. The van der Waals surface area contributed by atoms with Gasteiger partial charge in [0.1, 0.15) is 5.82 Å². The van der Waals surface area contributed by atoms with Crippen molar-refractivity contribution in [2.24, 2.45) is 5.73 Å². The largest absolute Gasteiger partial charge is 0.326 e. The average molecular weight is 250 g/mol. The highest BCUT2D eigenvalue weighted by Gasteiger charge is 2.08. The molecule has 0 atom stereocenters. The van der Waals surface area contributed by atoms with Crippen molar-refractivity contribution in [2.75, 3.05) is 0 Å². The second-order valence-corrected chi connectivity index (χ2v) is 4.39. The summed E-state index contributed by atoms with van der Waals surface area (Å²) in [5, 5.41) is 0.419. The molecule has 17 heavy (non-hydrogen) atoms. The van der Waals surface area contributed by atoms with E-state index in [2.05, 4.69) is 0 Å². The Balaban J connectivity index is 2.56. The maximum absolute atomic E-state index is 13.3. The molecule has 0 aliphatic carbocycles. The van der Waals surface area contributed by atoms with E-state index < -0.39 is 0 Å². The number of aryl methyl sites for hydroxylation is 1. The molecule has 88 valence electrons. The smallest absolute Gasteiger partial charge is 0.127 e. The van der Waals surface area contributed by atoms with Crippen LogP contribution in [0.25, 0.3) is 11.1 Å². The molecule has 0 radical (unpaired) electrons. The fraction of sp³-hybridized carbons (Fsp3) is 0.143. The molecule has 0 heterocycles. The Morgan fingerprint density at radius 3 is 2.71 bits per heavy atom. The predicted octanol–water partition coefficient (Wildman–Crippen LogP) is 3.91. The zero-order valence-corrected chi connectivity index (χ0v) is 10.3. The number of nitrogens with two attached hydrogens (primary N) is 1. The van der Waals surface area contributed by atoms with Crippen molar-refractivity contribution in [3.8, 4) is 11.1 Å². The van der Waals surface area contributed by atoms with Crippen molar-refractivity contribution in [1.29, 1.82) is 0 Å². The van der Waals surface area contributed by atoms with Crippen LogP contribution in [0.5, 0.6) is 0 Å². The van der Waals surface area contributed by atoms with E-state index in [0.29, 0.717) is 17.1 Å². The molecule has 1 nitrogen and oxygen atoms in total. The summed E-state index contributed by atoms with van der Waals surface area (Å²) in [6, 6.07) is 10.9. The first-order valence-electron chi connectivity index (χ1n) is 5.37. The summed E-state index contributed by atoms with van der Waals surface area (Å²) in [6.07, 6.45) is 0. The standard InChI is InChI=1S/C14H13ClFN/c1-9-5-12(13(15)7-14(9)16)11-4-2-3-10(6-11)8-17/h2-7H,8,17H2,1H3. The van der Waals surface area contributed by atoms with Gasteiger partial charge in [-0.3, -0.25) is 0 Å². The number of hydrogen-bond acceptors (Lipinski definition) is 1. The first-order chi connectivity index (χ1) is 8.11. The lowest BCUT2D eigenvalue weighted by Gasteiger charge is -2.08. The molecule has 0 aliphatic heterocycles. The normalized spacial score (nSPS) is 10.6. The molecule has 0 fully saturated rings. The van der Waals surface area contributed by atoms with E-state index in [-0.39, 0.29) is 5.82 Å². The summed E-state index contributed by atoms with van der Waals surface area (Å²) in [5.41, 5.74) is 9.00. The van der Waals surface area contributed by atoms with Gasteiger partial charge in [-0.25, -0.2) is 4.39 Å². The van der Waals surface area contributed by atoms with Gasteiger partial charge >= 0.3 is 0 Å². The minimum atomic E-state index is -0.284. The van der Waals surface area contributed by atoms with Crippen LogP contribution in [0.2, 0.25) is 5.02 Å². The van der Waals surface area contributed by atoms with Gasteiger partial charge in [-0.15, -0.1) is 0 Å². The maximum atomic E-state index is 13.3. The Labute approximate surface area is 105 Å². The molecule has 2 aromatic rings. The molecule has 0 aliphatic rings. The van der Waals surface area contributed by atoms with E-state index >= 15 is 0 Å². The molecular weight excluding hydrogens is 237 g/mol. The summed E-state index contributed by atoms with van der Waals surface area (Å²) >= 11 is 6.06. The number of benzene rings is 2. The van der Waals surface area contributed by atoms with Crippen molar-refractivity contribution in [3.05, 3.63) is 58.4 Å². The van der Waals surface area contributed by atoms with E-state index in [1.807, 2.05) is 24.3 Å². The molecule has 3 heteroatoms. The summed E-state index contributed by atoms with van der Waals surface area (Å²) in [5.74, 6) is -0.284. The van der Waals surface area contributed by atoms with Gasteiger partial charge in [0.05, 0.1) is 5.02 Å². The summed E-state index contributed by atoms with van der Waals surface area (Å²) in [4.78, 5) is 0. The lowest BCUT2D eigenvalue weighted by atomic mass is 10.0. The Morgan fingerprint density at radius 2 is 2.00 bits per heavy atom. The van der Waals surface area contributed by atoms with Gasteiger partial charge < -0.3 is 5.73 Å². The molecule has 0 saturated heterocycles. The van der Waals surface area contributed by atoms with Gasteiger partial charge in [0, 0.05) is 12.1 Å². The molecule has 2 aromatic carbocycles. The predicted molar refractivity (Wildman–Crippen MR) is 69.5 cm³/mol. The summed E-state index contributed by atoms with van der Waals surface area (Å²) < 4.78 is 13.3. The average Bonchev–Trinajstić information content (AvgIpc) is 2.34. The highest BCUT2D eigenvalue weighted by atomic mass is 35.5.